The Morgan fingerprint density at radius 1 is 1.45 bits per heavy atom. The maximum atomic E-state index is 12.1. The molecule has 0 spiro atoms. The van der Waals surface area contributed by atoms with Crippen LogP contribution in [0.2, 0.25) is 0 Å². The summed E-state index contributed by atoms with van der Waals surface area (Å²) in [6.07, 6.45) is 3.58. The van der Waals surface area contributed by atoms with E-state index in [1.807, 2.05) is 11.0 Å². The molecule has 0 atom stereocenters. The molecule has 0 bridgehead atoms. The number of nitrogens with zero attached hydrogens (tertiary/aromatic N) is 3. The van der Waals surface area contributed by atoms with E-state index in [2.05, 4.69) is 24.1 Å². The molecular weight excluding hydrogens is 252 g/mol. The summed E-state index contributed by atoms with van der Waals surface area (Å²) in [5, 5.41) is 11.5. The molecule has 2 heterocycles. The first kappa shape index (κ1) is 14.3. The number of hydrogen-bond acceptors (Lipinski definition) is 3. The van der Waals surface area contributed by atoms with E-state index in [-0.39, 0.29) is 6.03 Å². The van der Waals surface area contributed by atoms with Crippen molar-refractivity contribution in [2.24, 2.45) is 11.8 Å². The lowest BCUT2D eigenvalue weighted by Crippen LogP contribution is -2.42. The van der Waals surface area contributed by atoms with Crippen molar-refractivity contribution in [3.05, 3.63) is 23.9 Å². The molecule has 1 fully saturated rings. The van der Waals surface area contributed by atoms with E-state index in [9.17, 15) is 4.79 Å². The molecule has 0 aromatic carbocycles. The molecule has 2 rings (SSSR count). The predicted octanol–water partition coefficient (Wildman–Crippen LogP) is 2.85. The standard InChI is InChI=1S/C15H20N4O/c1-11(2)13-5-7-19(8-6-13)15(20)18-14-4-3-12(9-16)10-17-14/h3-4,10-11,13H,5-8H2,1-2H3,(H,17,18,20). The maximum absolute atomic E-state index is 12.1. The highest BCUT2D eigenvalue weighted by Crippen LogP contribution is 2.24. The summed E-state index contributed by atoms with van der Waals surface area (Å²) in [6.45, 7) is 6.07. The smallest absolute Gasteiger partial charge is 0.323 e. The number of amides is 2. The van der Waals surface area contributed by atoms with Crippen molar-refractivity contribution in [1.82, 2.24) is 9.88 Å². The Hall–Kier alpha value is -2.09. The minimum atomic E-state index is -0.107. The molecular formula is C15H20N4O. The molecule has 5 heteroatoms. The SMILES string of the molecule is CC(C)C1CCN(C(=O)Nc2ccc(C#N)cn2)CC1. The zero-order valence-corrected chi connectivity index (χ0v) is 12.0. The number of rotatable bonds is 2. The van der Waals surface area contributed by atoms with Gasteiger partial charge in [-0.1, -0.05) is 13.8 Å². The number of hydrogen-bond donors (Lipinski definition) is 1. The number of pyridine rings is 1. The fraction of sp³-hybridized carbons (Fsp3) is 0.533. The van der Waals surface area contributed by atoms with Gasteiger partial charge in [0.15, 0.2) is 0 Å². The van der Waals surface area contributed by atoms with Gasteiger partial charge in [-0.25, -0.2) is 9.78 Å². The highest BCUT2D eigenvalue weighted by atomic mass is 16.2. The highest BCUT2D eigenvalue weighted by Gasteiger charge is 2.24. The molecule has 0 unspecified atom stereocenters. The number of anilines is 1. The molecule has 0 radical (unpaired) electrons. The van der Waals surface area contributed by atoms with Gasteiger partial charge in [0.1, 0.15) is 11.9 Å². The number of carbonyl (C=O) groups is 1. The minimum absolute atomic E-state index is 0.107. The predicted molar refractivity (Wildman–Crippen MR) is 77.1 cm³/mol. The highest BCUT2D eigenvalue weighted by molar-refractivity contribution is 5.88. The van der Waals surface area contributed by atoms with Gasteiger partial charge in [-0.05, 0) is 36.8 Å². The first-order valence-corrected chi connectivity index (χ1v) is 7.02. The molecule has 1 aromatic heterocycles. The van der Waals surface area contributed by atoms with Crippen molar-refractivity contribution >= 4 is 11.8 Å². The maximum Gasteiger partial charge on any atom is 0.323 e. The van der Waals surface area contributed by atoms with Crippen LogP contribution >= 0.6 is 0 Å². The summed E-state index contributed by atoms with van der Waals surface area (Å²) >= 11 is 0. The molecule has 0 aliphatic carbocycles. The molecule has 1 saturated heterocycles. The number of nitrogens with one attached hydrogen (secondary N) is 1. The zero-order chi connectivity index (χ0) is 14.5. The normalized spacial score (nSPS) is 16.0. The minimum Gasteiger partial charge on any atom is -0.324 e. The molecule has 106 valence electrons. The van der Waals surface area contributed by atoms with Crippen LogP contribution < -0.4 is 5.32 Å². The Morgan fingerprint density at radius 3 is 2.65 bits per heavy atom. The van der Waals surface area contributed by atoms with Gasteiger partial charge in [0.2, 0.25) is 0 Å². The quantitative estimate of drug-likeness (QED) is 0.900. The summed E-state index contributed by atoms with van der Waals surface area (Å²) in [5.74, 6) is 1.88. The number of nitriles is 1. The van der Waals surface area contributed by atoms with Crippen LogP contribution in [0.25, 0.3) is 0 Å². The molecule has 20 heavy (non-hydrogen) atoms. The summed E-state index contributed by atoms with van der Waals surface area (Å²) in [7, 11) is 0. The van der Waals surface area contributed by atoms with Crippen LogP contribution in [-0.2, 0) is 0 Å². The van der Waals surface area contributed by atoms with Gasteiger partial charge in [0, 0.05) is 19.3 Å². The van der Waals surface area contributed by atoms with E-state index in [0.717, 1.165) is 25.9 Å². The summed E-state index contributed by atoms with van der Waals surface area (Å²) in [4.78, 5) is 18.0. The van der Waals surface area contributed by atoms with Gasteiger partial charge in [0.25, 0.3) is 0 Å². The molecule has 1 N–H and O–H groups in total. The van der Waals surface area contributed by atoms with Crippen molar-refractivity contribution in [2.75, 3.05) is 18.4 Å². The van der Waals surface area contributed by atoms with E-state index in [1.54, 1.807) is 12.1 Å². The lowest BCUT2D eigenvalue weighted by Gasteiger charge is -2.33. The third-order valence-electron chi connectivity index (χ3n) is 3.90. The van der Waals surface area contributed by atoms with Crippen molar-refractivity contribution in [3.8, 4) is 6.07 Å². The average Bonchev–Trinajstić information content (AvgIpc) is 2.48. The number of likely N-dealkylation sites (tertiary alicyclic amines) is 1. The molecule has 5 nitrogen and oxygen atoms in total. The van der Waals surface area contributed by atoms with Crippen LogP contribution in [0.15, 0.2) is 18.3 Å². The molecule has 0 saturated carbocycles. The van der Waals surface area contributed by atoms with Crippen molar-refractivity contribution in [2.45, 2.75) is 26.7 Å². The monoisotopic (exact) mass is 272 g/mol. The second-order valence-electron chi connectivity index (χ2n) is 5.54. The molecule has 1 aliphatic heterocycles. The first-order valence-electron chi connectivity index (χ1n) is 7.02. The topological polar surface area (TPSA) is 69.0 Å². The third-order valence-corrected chi connectivity index (χ3v) is 3.90. The summed E-state index contributed by atoms with van der Waals surface area (Å²) < 4.78 is 0. The summed E-state index contributed by atoms with van der Waals surface area (Å²) in [5.41, 5.74) is 0.487. The van der Waals surface area contributed by atoms with Gasteiger partial charge in [-0.2, -0.15) is 5.26 Å². The van der Waals surface area contributed by atoms with Crippen LogP contribution in [0.4, 0.5) is 10.6 Å². The molecule has 1 aromatic rings. The average molecular weight is 272 g/mol. The second-order valence-corrected chi connectivity index (χ2v) is 5.54. The van der Waals surface area contributed by atoms with Gasteiger partial charge in [-0.15, -0.1) is 0 Å². The fourth-order valence-electron chi connectivity index (χ4n) is 2.49. The van der Waals surface area contributed by atoms with Crippen LogP contribution in [0.3, 0.4) is 0 Å². The van der Waals surface area contributed by atoms with E-state index in [0.29, 0.717) is 23.2 Å². The number of urea groups is 1. The number of piperidine rings is 1. The van der Waals surface area contributed by atoms with E-state index >= 15 is 0 Å². The third kappa shape index (κ3) is 3.47. The lowest BCUT2D eigenvalue weighted by molar-refractivity contribution is 0.167. The van der Waals surface area contributed by atoms with Gasteiger partial charge < -0.3 is 4.90 Å². The Bertz CT molecular complexity index is 496. The van der Waals surface area contributed by atoms with Crippen LogP contribution in [0, 0.1) is 23.2 Å². The Kier molecular flexibility index (Phi) is 4.57. The van der Waals surface area contributed by atoms with Gasteiger partial charge in [0.05, 0.1) is 5.56 Å². The van der Waals surface area contributed by atoms with Crippen LogP contribution in [0.5, 0.6) is 0 Å². The molecule has 1 aliphatic rings. The number of carbonyl (C=O) groups excluding carboxylic acids is 1. The van der Waals surface area contributed by atoms with E-state index in [4.69, 9.17) is 5.26 Å². The van der Waals surface area contributed by atoms with Crippen molar-refractivity contribution < 1.29 is 4.79 Å². The van der Waals surface area contributed by atoms with Gasteiger partial charge >= 0.3 is 6.03 Å². The fourth-order valence-corrected chi connectivity index (χ4v) is 2.49. The van der Waals surface area contributed by atoms with Gasteiger partial charge in [-0.3, -0.25) is 5.32 Å². The first-order chi connectivity index (χ1) is 9.60. The second kappa shape index (κ2) is 6.38. The summed E-state index contributed by atoms with van der Waals surface area (Å²) in [6, 6.07) is 5.19. The Morgan fingerprint density at radius 2 is 2.15 bits per heavy atom. The van der Waals surface area contributed by atoms with Crippen LogP contribution in [-0.4, -0.2) is 29.0 Å². The zero-order valence-electron chi connectivity index (χ0n) is 12.0. The van der Waals surface area contributed by atoms with Crippen molar-refractivity contribution in [3.63, 3.8) is 0 Å². The van der Waals surface area contributed by atoms with Crippen molar-refractivity contribution in [1.29, 1.82) is 5.26 Å². The molecule has 2 amide bonds. The van der Waals surface area contributed by atoms with E-state index in [1.165, 1.54) is 6.20 Å². The number of aromatic nitrogens is 1. The lowest BCUT2D eigenvalue weighted by atomic mass is 9.87. The largest absolute Gasteiger partial charge is 0.324 e. The van der Waals surface area contributed by atoms with E-state index < -0.39 is 0 Å². The Labute approximate surface area is 119 Å². The Balaban J connectivity index is 1.88. The van der Waals surface area contributed by atoms with Crippen LogP contribution in [0.1, 0.15) is 32.3 Å².